The first-order chi connectivity index (χ1) is 12.8. The van der Waals surface area contributed by atoms with Crippen molar-refractivity contribution < 1.29 is 24.4 Å². The Morgan fingerprint density at radius 1 is 1.11 bits per heavy atom. The predicted molar refractivity (Wildman–Crippen MR) is 96.9 cm³/mol. The van der Waals surface area contributed by atoms with Crippen LogP contribution in [0.2, 0.25) is 0 Å². The van der Waals surface area contributed by atoms with Gasteiger partial charge in [-0.25, -0.2) is 4.79 Å². The second-order valence-electron chi connectivity index (χ2n) is 5.43. The van der Waals surface area contributed by atoms with Crippen LogP contribution in [0.25, 0.3) is 6.08 Å². The number of nitro benzene ring substituents is 1. The van der Waals surface area contributed by atoms with Gasteiger partial charge in [-0.05, 0) is 42.0 Å². The first-order valence-corrected chi connectivity index (χ1v) is 7.64. The summed E-state index contributed by atoms with van der Waals surface area (Å²) in [7, 11) is 0. The van der Waals surface area contributed by atoms with E-state index < -0.39 is 22.7 Å². The van der Waals surface area contributed by atoms with Crippen LogP contribution >= 0.6 is 0 Å². The largest absolute Gasteiger partial charge is 0.478 e. The van der Waals surface area contributed by atoms with Crippen LogP contribution in [0.1, 0.15) is 22.8 Å². The monoisotopic (exact) mass is 369 g/mol. The SMILES string of the molecule is CC(=O)N/C(=C/c1ccc([N+](=O)[O-])cc1)C(=O)Nc1cccc(C(=O)O)c1. The molecule has 0 aromatic heterocycles. The summed E-state index contributed by atoms with van der Waals surface area (Å²) < 4.78 is 0. The number of nitro groups is 1. The average molecular weight is 369 g/mol. The fourth-order valence-corrected chi connectivity index (χ4v) is 2.14. The summed E-state index contributed by atoms with van der Waals surface area (Å²) >= 11 is 0. The van der Waals surface area contributed by atoms with Crippen molar-refractivity contribution in [2.45, 2.75) is 6.92 Å². The first kappa shape index (κ1) is 19.3. The van der Waals surface area contributed by atoms with Crippen molar-refractivity contribution in [2.75, 3.05) is 5.32 Å². The molecule has 0 aliphatic carbocycles. The number of hydrogen-bond acceptors (Lipinski definition) is 5. The van der Waals surface area contributed by atoms with Crippen molar-refractivity contribution in [2.24, 2.45) is 0 Å². The van der Waals surface area contributed by atoms with Gasteiger partial charge in [-0.15, -0.1) is 0 Å². The van der Waals surface area contributed by atoms with Gasteiger partial charge in [0, 0.05) is 24.7 Å². The van der Waals surface area contributed by atoms with Gasteiger partial charge >= 0.3 is 5.97 Å². The van der Waals surface area contributed by atoms with E-state index in [4.69, 9.17) is 5.11 Å². The zero-order valence-electron chi connectivity index (χ0n) is 14.1. The molecule has 0 heterocycles. The molecule has 9 heteroatoms. The molecule has 27 heavy (non-hydrogen) atoms. The highest BCUT2D eigenvalue weighted by Gasteiger charge is 2.13. The summed E-state index contributed by atoms with van der Waals surface area (Å²) in [6, 6.07) is 11.0. The number of carboxylic acid groups (broad SMARTS) is 1. The number of carbonyl (C=O) groups excluding carboxylic acids is 2. The molecule has 2 aromatic rings. The maximum absolute atomic E-state index is 12.5. The van der Waals surface area contributed by atoms with Crippen molar-refractivity contribution in [3.8, 4) is 0 Å². The number of hydrogen-bond donors (Lipinski definition) is 3. The zero-order chi connectivity index (χ0) is 20.0. The Hall–Kier alpha value is -4.01. The van der Waals surface area contributed by atoms with Crippen LogP contribution in [0, 0.1) is 10.1 Å². The van der Waals surface area contributed by atoms with E-state index in [2.05, 4.69) is 10.6 Å². The Morgan fingerprint density at radius 3 is 2.33 bits per heavy atom. The second kappa shape index (κ2) is 8.39. The van der Waals surface area contributed by atoms with Crippen LogP contribution < -0.4 is 10.6 Å². The number of anilines is 1. The van der Waals surface area contributed by atoms with Crippen LogP contribution in [0.15, 0.2) is 54.2 Å². The van der Waals surface area contributed by atoms with Crippen LogP contribution in [0.3, 0.4) is 0 Å². The minimum absolute atomic E-state index is 0.00627. The number of non-ortho nitro benzene ring substituents is 1. The van der Waals surface area contributed by atoms with E-state index >= 15 is 0 Å². The summed E-state index contributed by atoms with van der Waals surface area (Å²) in [4.78, 5) is 45.0. The van der Waals surface area contributed by atoms with Crippen molar-refractivity contribution >= 4 is 35.2 Å². The van der Waals surface area contributed by atoms with E-state index in [9.17, 15) is 24.5 Å². The maximum Gasteiger partial charge on any atom is 0.335 e. The molecular formula is C18H15N3O6. The molecule has 0 spiro atoms. The minimum atomic E-state index is -1.14. The topological polar surface area (TPSA) is 139 Å². The van der Waals surface area contributed by atoms with Crippen molar-refractivity contribution in [3.05, 3.63) is 75.5 Å². The number of amides is 2. The van der Waals surface area contributed by atoms with Crippen molar-refractivity contribution in [3.63, 3.8) is 0 Å². The number of nitrogens with zero attached hydrogens (tertiary/aromatic N) is 1. The lowest BCUT2D eigenvalue weighted by Crippen LogP contribution is -2.29. The number of nitrogens with one attached hydrogen (secondary N) is 2. The molecule has 0 aliphatic heterocycles. The van der Waals surface area contributed by atoms with Gasteiger partial charge in [0.25, 0.3) is 11.6 Å². The number of carboxylic acids is 1. The Balaban J connectivity index is 2.28. The highest BCUT2D eigenvalue weighted by atomic mass is 16.6. The first-order valence-electron chi connectivity index (χ1n) is 7.64. The lowest BCUT2D eigenvalue weighted by atomic mass is 10.1. The number of benzene rings is 2. The highest BCUT2D eigenvalue weighted by molar-refractivity contribution is 6.08. The van der Waals surface area contributed by atoms with Crippen LogP contribution in [0.5, 0.6) is 0 Å². The van der Waals surface area contributed by atoms with E-state index in [0.29, 0.717) is 5.56 Å². The van der Waals surface area contributed by atoms with Gasteiger partial charge in [0.2, 0.25) is 5.91 Å². The fourth-order valence-electron chi connectivity index (χ4n) is 2.14. The predicted octanol–water partition coefficient (Wildman–Crippen LogP) is 2.41. The third kappa shape index (κ3) is 5.49. The summed E-state index contributed by atoms with van der Waals surface area (Å²) in [5, 5.41) is 24.6. The maximum atomic E-state index is 12.5. The molecule has 0 saturated carbocycles. The molecule has 0 radical (unpaired) electrons. The molecular weight excluding hydrogens is 354 g/mol. The zero-order valence-corrected chi connectivity index (χ0v) is 14.1. The van der Waals surface area contributed by atoms with Gasteiger partial charge in [0.1, 0.15) is 5.70 Å². The van der Waals surface area contributed by atoms with Gasteiger partial charge in [-0.3, -0.25) is 19.7 Å². The Labute approximate surface area is 153 Å². The molecule has 138 valence electrons. The molecule has 3 N–H and O–H groups in total. The summed E-state index contributed by atoms with van der Waals surface area (Å²) in [6.45, 7) is 1.22. The number of aromatic carboxylic acids is 1. The Kier molecular flexibility index (Phi) is 6.00. The van der Waals surface area contributed by atoms with Gasteiger partial charge in [-0.2, -0.15) is 0 Å². The highest BCUT2D eigenvalue weighted by Crippen LogP contribution is 2.16. The van der Waals surface area contributed by atoms with E-state index in [1.165, 1.54) is 61.5 Å². The molecule has 2 amide bonds. The summed E-state index contributed by atoms with van der Waals surface area (Å²) in [5.74, 6) is -2.31. The third-order valence-electron chi connectivity index (χ3n) is 3.34. The Bertz CT molecular complexity index is 934. The smallest absolute Gasteiger partial charge is 0.335 e. The number of carbonyl (C=O) groups is 3. The molecule has 2 rings (SSSR count). The molecule has 2 aromatic carbocycles. The average Bonchev–Trinajstić information content (AvgIpc) is 2.61. The van der Waals surface area contributed by atoms with Gasteiger partial charge in [-0.1, -0.05) is 6.07 Å². The van der Waals surface area contributed by atoms with Gasteiger partial charge < -0.3 is 15.7 Å². The molecule has 0 saturated heterocycles. The van der Waals surface area contributed by atoms with Gasteiger partial charge in [0.05, 0.1) is 10.5 Å². The molecule has 0 atom stereocenters. The lowest BCUT2D eigenvalue weighted by Gasteiger charge is -2.10. The fraction of sp³-hybridized carbons (Fsp3) is 0.0556. The van der Waals surface area contributed by atoms with E-state index in [1.807, 2.05) is 0 Å². The molecule has 0 bridgehead atoms. The van der Waals surface area contributed by atoms with Crippen LogP contribution in [-0.4, -0.2) is 27.8 Å². The van der Waals surface area contributed by atoms with E-state index in [1.54, 1.807) is 0 Å². The van der Waals surface area contributed by atoms with Crippen molar-refractivity contribution in [1.29, 1.82) is 0 Å². The quantitative estimate of drug-likeness (QED) is 0.406. The molecule has 0 fully saturated rings. The molecule has 0 unspecified atom stereocenters. The van der Waals surface area contributed by atoms with Gasteiger partial charge in [0.15, 0.2) is 0 Å². The lowest BCUT2D eigenvalue weighted by molar-refractivity contribution is -0.384. The van der Waals surface area contributed by atoms with E-state index in [-0.39, 0.29) is 22.6 Å². The molecule has 0 aliphatic rings. The Morgan fingerprint density at radius 2 is 1.78 bits per heavy atom. The number of rotatable bonds is 6. The third-order valence-corrected chi connectivity index (χ3v) is 3.34. The van der Waals surface area contributed by atoms with Crippen molar-refractivity contribution in [1.82, 2.24) is 5.32 Å². The summed E-state index contributed by atoms with van der Waals surface area (Å²) in [6.07, 6.45) is 1.35. The summed E-state index contributed by atoms with van der Waals surface area (Å²) in [5.41, 5.74) is 0.479. The molecule has 9 nitrogen and oxygen atoms in total. The second-order valence-corrected chi connectivity index (χ2v) is 5.43. The standard InChI is InChI=1S/C18H15N3O6/c1-11(22)19-16(9-12-5-7-15(8-6-12)21(26)27)17(23)20-14-4-2-3-13(10-14)18(24)25/h2-10H,1H3,(H,19,22)(H,20,23)(H,24,25)/b16-9+. The normalized spacial score (nSPS) is 10.8. The van der Waals surface area contributed by atoms with Crippen LogP contribution in [-0.2, 0) is 9.59 Å². The minimum Gasteiger partial charge on any atom is -0.478 e. The van der Waals surface area contributed by atoms with E-state index in [0.717, 1.165) is 0 Å². The van der Waals surface area contributed by atoms with Crippen LogP contribution in [0.4, 0.5) is 11.4 Å².